The minimum Gasteiger partial charge on any atom is -0.548 e. The molecule has 0 aliphatic rings. The lowest BCUT2D eigenvalue weighted by atomic mass is 10.1. The summed E-state index contributed by atoms with van der Waals surface area (Å²) in [7, 11) is 8.50. The summed E-state index contributed by atoms with van der Waals surface area (Å²) in [5.41, 5.74) is 18.6. The van der Waals surface area contributed by atoms with Gasteiger partial charge in [-0.15, -0.1) is 23.5 Å². The van der Waals surface area contributed by atoms with Crippen molar-refractivity contribution in [2.24, 2.45) is 5.73 Å². The van der Waals surface area contributed by atoms with Gasteiger partial charge in [-0.05, 0) is 115 Å². The number of hydrogen-bond donors (Lipinski definition) is 9. The van der Waals surface area contributed by atoms with E-state index in [1.54, 1.807) is 84.2 Å². The number of nitrogens with one attached hydrogen (secondary N) is 5. The molecule has 0 aliphatic heterocycles. The molecule has 2 unspecified atom stereocenters. The average Bonchev–Trinajstić information content (AvgIpc) is 3.24. The molecular formula is C45H59N7O9S2. The summed E-state index contributed by atoms with van der Waals surface area (Å²) in [5.74, 6) is -1.68. The fourth-order valence-electron chi connectivity index (χ4n) is 4.45. The third kappa shape index (κ3) is 25.1. The summed E-state index contributed by atoms with van der Waals surface area (Å²) in [6, 6.07) is 33.6. The smallest absolute Gasteiger partial charge is 0.431 e. The molecule has 10 N–H and O–H groups in total. The molecule has 0 fully saturated rings. The highest BCUT2D eigenvalue weighted by Crippen LogP contribution is 2.18. The molecule has 340 valence electrons. The van der Waals surface area contributed by atoms with Crippen LogP contribution in [0.1, 0.15) is 18.6 Å². The quantitative estimate of drug-likeness (QED) is 0.0356. The van der Waals surface area contributed by atoms with Crippen LogP contribution in [0.5, 0.6) is 17.2 Å². The molecule has 0 radical (unpaired) electrons. The standard InChI is InChI=1S/C17H19N3O4S.C14H14N2O2S.C9H11NO3.C4H12N.CH4/c1-25-14-8-4-12(5-9-14)19-20-17(24)18-15(16(22)23)10-11-2-6-13(21)7-3-11;1-19-13-9-7-11(8-10-13)15-16-14(17)18-12-5-3-2-4-6-12;10-8(9(12)13)5-6-1-3-7(11)4-2-6;1-5(2,3)4;/h2-9,15,19,21H,10H2,1H3,(H,22,23)(H2,18,20,24);2-10,15H,1H3,(H,16,17);1-4,8,11H,5,10H2,(H,12,13);1-4H3;1H4/q;;;+1;/p-1. The zero-order valence-electron chi connectivity index (χ0n) is 35.3. The van der Waals surface area contributed by atoms with Gasteiger partial charge in [0, 0.05) is 22.3 Å². The number of hydrogen-bond acceptors (Lipinski definition) is 13. The molecule has 0 saturated heterocycles. The number of thioether (sulfide) groups is 2. The van der Waals surface area contributed by atoms with Crippen LogP contribution in [0.4, 0.5) is 21.0 Å². The van der Waals surface area contributed by atoms with E-state index in [0.717, 1.165) is 25.5 Å². The Morgan fingerprint density at radius 2 is 1.08 bits per heavy atom. The number of nitrogens with two attached hydrogens (primary N) is 1. The zero-order chi connectivity index (χ0) is 46.1. The maximum absolute atomic E-state index is 11.9. The number of carboxylic acid groups (broad SMARTS) is 2. The first-order chi connectivity index (χ1) is 29.3. The predicted molar refractivity (Wildman–Crippen MR) is 250 cm³/mol. The summed E-state index contributed by atoms with van der Waals surface area (Å²) in [5, 5.41) is 40.1. The first kappa shape index (κ1) is 54.4. The Bertz CT molecular complexity index is 2080. The van der Waals surface area contributed by atoms with E-state index in [2.05, 4.69) is 55.2 Å². The Morgan fingerprint density at radius 3 is 1.48 bits per heavy atom. The van der Waals surface area contributed by atoms with E-state index in [1.165, 1.54) is 24.3 Å². The lowest BCUT2D eigenvalue weighted by Gasteiger charge is -2.16. The van der Waals surface area contributed by atoms with E-state index in [4.69, 9.17) is 15.6 Å². The van der Waals surface area contributed by atoms with Crippen LogP contribution in [0.25, 0.3) is 0 Å². The largest absolute Gasteiger partial charge is 0.548 e. The first-order valence-corrected chi connectivity index (χ1v) is 21.2. The molecular weight excluding hydrogens is 847 g/mol. The van der Waals surface area contributed by atoms with Gasteiger partial charge in [0.05, 0.1) is 45.5 Å². The number of anilines is 2. The number of phenols is 2. The number of rotatable bonds is 14. The van der Waals surface area contributed by atoms with Crippen molar-refractivity contribution in [1.82, 2.24) is 16.2 Å². The molecule has 0 saturated carbocycles. The highest BCUT2D eigenvalue weighted by molar-refractivity contribution is 7.98. The highest BCUT2D eigenvalue weighted by atomic mass is 32.2. The SMILES string of the molecule is C.CSc1ccc(NNC(=O)NC(Cc2ccc(O)cc2)C(=O)O)cc1.CSc1ccc(NNC(=O)Oc2ccccc2)cc1.C[N+](C)(C)C.NC(Cc1ccc(O)cc1)C(=O)[O-]. The first-order valence-electron chi connectivity index (χ1n) is 18.8. The number of quaternary nitrogens is 1. The number of phenolic OH excluding ortho intramolecular Hbond substituents is 2. The van der Waals surface area contributed by atoms with Gasteiger partial charge in [-0.1, -0.05) is 49.9 Å². The predicted octanol–water partition coefficient (Wildman–Crippen LogP) is 5.93. The Balaban J connectivity index is 0.000000462. The number of ether oxygens (including phenoxy) is 1. The van der Waals surface area contributed by atoms with Crippen LogP contribution in [0.3, 0.4) is 0 Å². The minimum atomic E-state index is -1.27. The van der Waals surface area contributed by atoms with Gasteiger partial charge in [-0.25, -0.2) is 19.8 Å². The van der Waals surface area contributed by atoms with Crippen molar-refractivity contribution in [3.05, 3.63) is 139 Å². The van der Waals surface area contributed by atoms with E-state index in [9.17, 15) is 34.5 Å². The minimum absolute atomic E-state index is 0. The van der Waals surface area contributed by atoms with Gasteiger partial charge in [0.15, 0.2) is 0 Å². The summed E-state index contributed by atoms with van der Waals surface area (Å²) in [4.78, 5) is 47.3. The second-order valence-corrected chi connectivity index (χ2v) is 16.1. The number of carbonyl (C=O) groups excluding carboxylic acids is 3. The fourth-order valence-corrected chi connectivity index (χ4v) is 5.27. The number of para-hydroxylation sites is 1. The lowest BCUT2D eigenvalue weighted by molar-refractivity contribution is -0.849. The van der Waals surface area contributed by atoms with Gasteiger partial charge in [-0.2, -0.15) is 0 Å². The van der Waals surface area contributed by atoms with E-state index in [0.29, 0.717) is 17.0 Å². The second kappa shape index (κ2) is 28.8. The lowest BCUT2D eigenvalue weighted by Crippen LogP contribution is -2.48. The molecule has 0 spiro atoms. The highest BCUT2D eigenvalue weighted by Gasteiger charge is 2.20. The number of urea groups is 1. The maximum Gasteiger partial charge on any atom is 0.431 e. The zero-order valence-corrected chi connectivity index (χ0v) is 37.0. The topological polar surface area (TPSA) is 247 Å². The third-order valence-electron chi connectivity index (χ3n) is 7.44. The van der Waals surface area contributed by atoms with Gasteiger partial charge >= 0.3 is 18.1 Å². The van der Waals surface area contributed by atoms with Crippen LogP contribution in [-0.4, -0.2) is 96.7 Å². The van der Waals surface area contributed by atoms with Gasteiger partial charge in [0.25, 0.3) is 0 Å². The number of aromatic hydroxyl groups is 2. The van der Waals surface area contributed by atoms with Crippen molar-refractivity contribution < 1.29 is 48.8 Å². The summed E-state index contributed by atoms with van der Waals surface area (Å²) >= 11 is 3.27. The molecule has 3 amide bonds. The Hall–Kier alpha value is -6.60. The average molecular weight is 906 g/mol. The van der Waals surface area contributed by atoms with Crippen molar-refractivity contribution >= 4 is 59.0 Å². The van der Waals surface area contributed by atoms with Crippen molar-refractivity contribution in [2.45, 2.75) is 42.1 Å². The molecule has 0 heterocycles. The molecule has 5 rings (SSSR count). The summed E-state index contributed by atoms with van der Waals surface area (Å²) in [6.45, 7) is 0. The van der Waals surface area contributed by atoms with Crippen LogP contribution in [0, 0.1) is 0 Å². The van der Waals surface area contributed by atoms with E-state index in [1.807, 2.05) is 55.0 Å². The second-order valence-electron chi connectivity index (χ2n) is 14.4. The van der Waals surface area contributed by atoms with Crippen LogP contribution >= 0.6 is 23.5 Å². The number of amides is 3. The summed E-state index contributed by atoms with van der Waals surface area (Å²) in [6.07, 6.45) is 3.74. The third-order valence-corrected chi connectivity index (χ3v) is 8.92. The molecule has 5 aromatic carbocycles. The molecule has 5 aromatic rings. The molecule has 2 atom stereocenters. The number of aliphatic carboxylic acids is 2. The Labute approximate surface area is 377 Å². The number of hydrazine groups is 2. The van der Waals surface area contributed by atoms with E-state index >= 15 is 0 Å². The molecule has 63 heavy (non-hydrogen) atoms. The van der Waals surface area contributed by atoms with Crippen LogP contribution in [0.2, 0.25) is 0 Å². The van der Waals surface area contributed by atoms with Crippen molar-refractivity contribution in [3.8, 4) is 17.2 Å². The Morgan fingerprint density at radius 1 is 0.667 bits per heavy atom. The van der Waals surface area contributed by atoms with E-state index < -0.39 is 36.1 Å². The fraction of sp³-hybridized carbons (Fsp3) is 0.244. The number of carbonyl (C=O) groups is 4. The van der Waals surface area contributed by atoms with Crippen LogP contribution in [-0.2, 0) is 22.4 Å². The molecule has 0 aromatic heterocycles. The van der Waals surface area contributed by atoms with Crippen LogP contribution in [0.15, 0.2) is 137 Å². The summed E-state index contributed by atoms with van der Waals surface area (Å²) < 4.78 is 6.06. The van der Waals surface area contributed by atoms with Gasteiger partial charge in [0.1, 0.15) is 23.3 Å². The van der Waals surface area contributed by atoms with E-state index in [-0.39, 0.29) is 31.8 Å². The number of nitrogens with zero attached hydrogens (tertiary/aromatic N) is 1. The van der Waals surface area contributed by atoms with Gasteiger partial charge in [-0.3, -0.25) is 16.3 Å². The molecule has 18 heteroatoms. The normalized spacial score (nSPS) is 11.0. The van der Waals surface area contributed by atoms with Crippen molar-refractivity contribution in [1.29, 1.82) is 0 Å². The number of carboxylic acids is 2. The molecule has 0 aliphatic carbocycles. The van der Waals surface area contributed by atoms with Crippen molar-refractivity contribution in [2.75, 3.05) is 51.6 Å². The van der Waals surface area contributed by atoms with Crippen molar-refractivity contribution in [3.63, 3.8) is 0 Å². The van der Waals surface area contributed by atoms with Gasteiger partial charge in [0.2, 0.25) is 0 Å². The molecule has 0 bridgehead atoms. The Kier molecular flexibility index (Phi) is 24.9. The monoisotopic (exact) mass is 905 g/mol. The van der Waals surface area contributed by atoms with Gasteiger partial charge < -0.3 is 45.5 Å². The van der Waals surface area contributed by atoms with Crippen LogP contribution < -0.4 is 42.6 Å². The number of benzene rings is 5. The molecule has 16 nitrogen and oxygen atoms in total. The maximum atomic E-state index is 11.9.